The van der Waals surface area contributed by atoms with Gasteiger partial charge in [0.2, 0.25) is 21.8 Å². The van der Waals surface area contributed by atoms with Gasteiger partial charge in [-0.2, -0.15) is 17.5 Å². The van der Waals surface area contributed by atoms with Crippen molar-refractivity contribution in [3.05, 3.63) is 41.6 Å². The molecule has 1 fully saturated rings. The van der Waals surface area contributed by atoms with Crippen LogP contribution in [-0.4, -0.2) is 61.4 Å². The minimum Gasteiger partial charge on any atom is -0.338 e. The van der Waals surface area contributed by atoms with Crippen molar-refractivity contribution >= 4 is 21.8 Å². The Morgan fingerprint density at radius 2 is 1.86 bits per heavy atom. The average Bonchev–Trinajstić information content (AvgIpc) is 3.06. The van der Waals surface area contributed by atoms with Gasteiger partial charge in [-0.05, 0) is 19.1 Å². The zero-order valence-electron chi connectivity index (χ0n) is 15.4. The first-order chi connectivity index (χ1) is 13.6. The van der Waals surface area contributed by atoms with E-state index in [2.05, 4.69) is 10.5 Å². The van der Waals surface area contributed by atoms with Crippen molar-refractivity contribution in [3.63, 3.8) is 0 Å². The Morgan fingerprint density at radius 3 is 2.45 bits per heavy atom. The molecule has 0 spiro atoms. The van der Waals surface area contributed by atoms with Crippen LogP contribution in [0.15, 0.2) is 39.8 Å². The molecule has 3 rings (SSSR count). The van der Waals surface area contributed by atoms with Crippen LogP contribution < -0.4 is 5.32 Å². The fourth-order valence-electron chi connectivity index (χ4n) is 3.00. The van der Waals surface area contributed by atoms with Crippen LogP contribution in [0.5, 0.6) is 0 Å². The van der Waals surface area contributed by atoms with Crippen molar-refractivity contribution in [3.8, 4) is 0 Å². The standard InChI is InChI=1S/C17H19F3N4O4S/c1-12-10-16(28-22-12)21-15(25)11-23-6-8-24(9-7-23)29(26,27)14-5-3-2-4-13(14)17(18,19)20/h2-5,10H,6-9,11H2,1H3,(H,21,25). The number of anilines is 1. The molecule has 1 saturated heterocycles. The molecule has 0 unspecified atom stereocenters. The van der Waals surface area contributed by atoms with E-state index in [9.17, 15) is 26.4 Å². The molecule has 1 N–H and O–H groups in total. The summed E-state index contributed by atoms with van der Waals surface area (Å²) in [6.45, 7) is 2.06. The second-order valence-corrected chi connectivity index (χ2v) is 8.46. The number of hydrogen-bond donors (Lipinski definition) is 1. The molecular weight excluding hydrogens is 413 g/mol. The first kappa shape index (κ1) is 21.3. The summed E-state index contributed by atoms with van der Waals surface area (Å²) in [6, 6.07) is 5.67. The highest BCUT2D eigenvalue weighted by Gasteiger charge is 2.39. The highest BCUT2D eigenvalue weighted by atomic mass is 32.2. The lowest BCUT2D eigenvalue weighted by Crippen LogP contribution is -2.50. The summed E-state index contributed by atoms with van der Waals surface area (Å²) < 4.78 is 70.9. The molecule has 0 saturated carbocycles. The Bertz CT molecular complexity index is 983. The minimum absolute atomic E-state index is 0.00717. The van der Waals surface area contributed by atoms with Gasteiger partial charge in [-0.3, -0.25) is 15.0 Å². The number of carbonyl (C=O) groups excluding carboxylic acids is 1. The van der Waals surface area contributed by atoms with Crippen LogP contribution in [0.25, 0.3) is 0 Å². The Labute approximate surface area is 165 Å². The Morgan fingerprint density at radius 1 is 1.21 bits per heavy atom. The van der Waals surface area contributed by atoms with Gasteiger partial charge in [0, 0.05) is 32.2 Å². The molecule has 0 aliphatic carbocycles. The largest absolute Gasteiger partial charge is 0.417 e. The molecule has 1 aliphatic rings. The Balaban J connectivity index is 1.62. The van der Waals surface area contributed by atoms with Crippen molar-refractivity contribution in [2.45, 2.75) is 18.0 Å². The van der Waals surface area contributed by atoms with E-state index in [4.69, 9.17) is 4.52 Å². The predicted octanol–water partition coefficient (Wildman–Crippen LogP) is 1.95. The first-order valence-electron chi connectivity index (χ1n) is 8.69. The number of benzene rings is 1. The van der Waals surface area contributed by atoms with Crippen LogP contribution >= 0.6 is 0 Å². The van der Waals surface area contributed by atoms with Crippen LogP contribution in [0.4, 0.5) is 19.1 Å². The Hall–Kier alpha value is -2.44. The number of hydrogen-bond acceptors (Lipinski definition) is 6. The number of alkyl halides is 3. The lowest BCUT2D eigenvalue weighted by molar-refractivity contribution is -0.140. The van der Waals surface area contributed by atoms with E-state index in [0.29, 0.717) is 5.69 Å². The van der Waals surface area contributed by atoms with E-state index in [0.717, 1.165) is 22.5 Å². The molecule has 2 heterocycles. The van der Waals surface area contributed by atoms with Crippen molar-refractivity contribution < 1.29 is 30.9 Å². The molecule has 29 heavy (non-hydrogen) atoms. The van der Waals surface area contributed by atoms with Crippen molar-refractivity contribution in [1.29, 1.82) is 0 Å². The molecule has 0 atom stereocenters. The average molecular weight is 432 g/mol. The number of sulfonamides is 1. The lowest BCUT2D eigenvalue weighted by atomic mass is 10.2. The topological polar surface area (TPSA) is 95.8 Å². The van der Waals surface area contributed by atoms with Crippen LogP contribution in [0.3, 0.4) is 0 Å². The summed E-state index contributed by atoms with van der Waals surface area (Å²) in [6.07, 6.45) is -4.78. The fraction of sp³-hybridized carbons (Fsp3) is 0.412. The number of amides is 1. The molecule has 0 bridgehead atoms. The molecule has 1 amide bonds. The van der Waals surface area contributed by atoms with Gasteiger partial charge in [-0.15, -0.1) is 0 Å². The van der Waals surface area contributed by atoms with Crippen molar-refractivity contribution in [2.24, 2.45) is 0 Å². The summed E-state index contributed by atoms with van der Waals surface area (Å²) >= 11 is 0. The van der Waals surface area contributed by atoms with Crippen LogP contribution in [0.2, 0.25) is 0 Å². The number of aromatic nitrogens is 1. The van der Waals surface area contributed by atoms with Gasteiger partial charge >= 0.3 is 6.18 Å². The number of rotatable bonds is 5. The molecule has 1 aliphatic heterocycles. The number of nitrogens with zero attached hydrogens (tertiary/aromatic N) is 3. The summed E-state index contributed by atoms with van der Waals surface area (Å²) in [5.41, 5.74) is -0.581. The second-order valence-electron chi connectivity index (χ2n) is 6.55. The number of carbonyl (C=O) groups is 1. The zero-order chi connectivity index (χ0) is 21.2. The van der Waals surface area contributed by atoms with Gasteiger partial charge < -0.3 is 4.52 Å². The molecule has 2 aromatic rings. The monoisotopic (exact) mass is 432 g/mol. The molecule has 8 nitrogen and oxygen atoms in total. The highest BCUT2D eigenvalue weighted by molar-refractivity contribution is 7.89. The smallest absolute Gasteiger partial charge is 0.338 e. The summed E-state index contributed by atoms with van der Waals surface area (Å²) in [7, 11) is -4.31. The maximum Gasteiger partial charge on any atom is 0.417 e. The van der Waals surface area contributed by atoms with E-state index in [-0.39, 0.29) is 44.5 Å². The summed E-state index contributed by atoms with van der Waals surface area (Å²) in [5, 5.41) is 6.18. The van der Waals surface area contributed by atoms with E-state index in [1.807, 2.05) is 0 Å². The molecule has 12 heteroatoms. The number of aryl methyl sites for hydroxylation is 1. The van der Waals surface area contributed by atoms with Crippen molar-refractivity contribution in [2.75, 3.05) is 38.0 Å². The first-order valence-corrected chi connectivity index (χ1v) is 10.1. The van der Waals surface area contributed by atoms with Gasteiger partial charge in [0.05, 0.1) is 22.7 Å². The lowest BCUT2D eigenvalue weighted by Gasteiger charge is -2.33. The van der Waals surface area contributed by atoms with Crippen LogP contribution in [0.1, 0.15) is 11.3 Å². The summed E-state index contributed by atoms with van der Waals surface area (Å²) in [4.78, 5) is 13.0. The van der Waals surface area contributed by atoms with Gasteiger partial charge in [0.15, 0.2) is 0 Å². The van der Waals surface area contributed by atoms with Gasteiger partial charge in [0.25, 0.3) is 0 Å². The van der Waals surface area contributed by atoms with E-state index < -0.39 is 26.7 Å². The third-order valence-corrected chi connectivity index (χ3v) is 6.36. The third kappa shape index (κ3) is 4.95. The number of nitrogens with one attached hydrogen (secondary N) is 1. The maximum atomic E-state index is 13.2. The highest BCUT2D eigenvalue weighted by Crippen LogP contribution is 2.35. The molecular formula is C17H19F3N4O4S. The minimum atomic E-state index is -4.78. The second kappa shape index (κ2) is 8.13. The molecule has 158 valence electrons. The quantitative estimate of drug-likeness (QED) is 0.776. The molecule has 1 aromatic carbocycles. The van der Waals surface area contributed by atoms with E-state index >= 15 is 0 Å². The SMILES string of the molecule is Cc1cc(NC(=O)CN2CCN(S(=O)(=O)c3ccccc3C(F)(F)F)CC2)on1. The Kier molecular flexibility index (Phi) is 5.96. The molecule has 0 radical (unpaired) electrons. The predicted molar refractivity (Wildman–Crippen MR) is 96.5 cm³/mol. The summed E-state index contributed by atoms with van der Waals surface area (Å²) in [5.74, 6) is -0.155. The normalized spacial score (nSPS) is 16.7. The van der Waals surface area contributed by atoms with Crippen LogP contribution in [-0.2, 0) is 21.0 Å². The number of piperazine rings is 1. The fourth-order valence-corrected chi connectivity index (χ4v) is 4.63. The van der Waals surface area contributed by atoms with E-state index in [1.54, 1.807) is 17.9 Å². The van der Waals surface area contributed by atoms with Gasteiger partial charge in [-0.25, -0.2) is 8.42 Å². The zero-order valence-corrected chi connectivity index (χ0v) is 16.3. The van der Waals surface area contributed by atoms with E-state index in [1.165, 1.54) is 6.07 Å². The third-order valence-electron chi connectivity index (χ3n) is 4.40. The van der Waals surface area contributed by atoms with Gasteiger partial charge in [0.1, 0.15) is 0 Å². The molecule has 1 aromatic heterocycles. The van der Waals surface area contributed by atoms with Crippen molar-refractivity contribution in [1.82, 2.24) is 14.4 Å². The van der Waals surface area contributed by atoms with Crippen LogP contribution in [0, 0.1) is 6.92 Å². The maximum absolute atomic E-state index is 13.2. The van der Waals surface area contributed by atoms with Gasteiger partial charge in [-0.1, -0.05) is 17.3 Å². The number of halogens is 3.